The maximum absolute atomic E-state index is 13.9. The lowest BCUT2D eigenvalue weighted by molar-refractivity contribution is 0.0602. The topological polar surface area (TPSA) is 92.4 Å². The van der Waals surface area contributed by atoms with Gasteiger partial charge in [0.05, 0.1) is 37.4 Å². The number of ether oxygens (including phenoxy) is 2. The standard InChI is InChI=1S/C26H22FN3O5/c1-34-21-9-4-3-8-20(21)30-23-22(18(25(32)35-2)13-19(28-23)16-10-11-16)24(31)29(26(30)33)14-15-6-5-7-17(27)12-15/h3-9,12-13,16H,10-11,14H2,1-2H3. The van der Waals surface area contributed by atoms with Gasteiger partial charge in [0, 0.05) is 11.6 Å². The van der Waals surface area contributed by atoms with Crippen molar-refractivity contribution in [2.45, 2.75) is 25.3 Å². The summed E-state index contributed by atoms with van der Waals surface area (Å²) in [5.74, 6) is -0.685. The number of carbonyl (C=O) groups excluding carboxylic acids is 1. The summed E-state index contributed by atoms with van der Waals surface area (Å²) in [6.45, 7) is -0.203. The lowest BCUT2D eigenvalue weighted by atomic mass is 10.1. The van der Waals surface area contributed by atoms with Crippen LogP contribution in [0, 0.1) is 5.82 Å². The molecule has 2 aromatic carbocycles. The van der Waals surface area contributed by atoms with Crippen molar-refractivity contribution in [1.29, 1.82) is 0 Å². The van der Waals surface area contributed by atoms with Gasteiger partial charge in [-0.1, -0.05) is 24.3 Å². The first kappa shape index (κ1) is 22.5. The SMILES string of the molecule is COC(=O)c1cc(C2CC2)nc2c1c(=O)n(Cc1cccc(F)c1)c(=O)n2-c1ccccc1OC. The minimum absolute atomic E-state index is 0.0287. The molecule has 0 bridgehead atoms. The van der Waals surface area contributed by atoms with Crippen LogP contribution in [0.4, 0.5) is 4.39 Å². The van der Waals surface area contributed by atoms with Crippen LogP contribution in [0.5, 0.6) is 5.75 Å². The van der Waals surface area contributed by atoms with Crippen LogP contribution in [-0.4, -0.2) is 34.3 Å². The maximum atomic E-state index is 13.9. The second kappa shape index (κ2) is 8.83. The van der Waals surface area contributed by atoms with Gasteiger partial charge in [0.2, 0.25) is 0 Å². The van der Waals surface area contributed by atoms with Crippen molar-refractivity contribution in [3.8, 4) is 11.4 Å². The Kier molecular flexibility index (Phi) is 5.68. The van der Waals surface area contributed by atoms with Crippen LogP contribution >= 0.6 is 0 Å². The molecular weight excluding hydrogens is 453 g/mol. The van der Waals surface area contributed by atoms with Gasteiger partial charge >= 0.3 is 11.7 Å². The molecule has 0 unspecified atom stereocenters. The van der Waals surface area contributed by atoms with Gasteiger partial charge in [0.1, 0.15) is 11.6 Å². The third-order valence-electron chi connectivity index (χ3n) is 6.07. The number of aromatic nitrogens is 3. The van der Waals surface area contributed by atoms with E-state index in [1.807, 2.05) is 0 Å². The van der Waals surface area contributed by atoms with Crippen LogP contribution in [0.15, 0.2) is 64.2 Å². The van der Waals surface area contributed by atoms with Crippen LogP contribution in [-0.2, 0) is 11.3 Å². The number of pyridine rings is 1. The highest BCUT2D eigenvalue weighted by atomic mass is 19.1. The monoisotopic (exact) mass is 475 g/mol. The lowest BCUT2D eigenvalue weighted by Crippen LogP contribution is -2.41. The zero-order valence-corrected chi connectivity index (χ0v) is 19.2. The molecule has 0 N–H and O–H groups in total. The number of para-hydroxylation sites is 2. The maximum Gasteiger partial charge on any atom is 0.338 e. The van der Waals surface area contributed by atoms with Crippen LogP contribution in [0.25, 0.3) is 16.7 Å². The molecule has 4 aromatic rings. The quantitative estimate of drug-likeness (QED) is 0.397. The zero-order valence-electron chi connectivity index (χ0n) is 19.2. The predicted octanol–water partition coefficient (Wildman–Crippen LogP) is 3.41. The third-order valence-corrected chi connectivity index (χ3v) is 6.07. The summed E-state index contributed by atoms with van der Waals surface area (Å²) in [6.07, 6.45) is 1.79. The van der Waals surface area contributed by atoms with E-state index in [1.165, 1.54) is 37.0 Å². The second-order valence-corrected chi connectivity index (χ2v) is 8.37. The molecule has 0 atom stereocenters. The van der Waals surface area contributed by atoms with E-state index in [0.29, 0.717) is 22.7 Å². The summed E-state index contributed by atoms with van der Waals surface area (Å²) >= 11 is 0. The van der Waals surface area contributed by atoms with E-state index in [2.05, 4.69) is 4.98 Å². The number of benzene rings is 2. The lowest BCUT2D eigenvalue weighted by Gasteiger charge is -2.18. The Bertz CT molecular complexity index is 1590. The molecule has 0 spiro atoms. The second-order valence-electron chi connectivity index (χ2n) is 8.37. The Morgan fingerprint density at radius 2 is 1.86 bits per heavy atom. The molecule has 0 saturated heterocycles. The highest BCUT2D eigenvalue weighted by molar-refractivity contribution is 6.02. The first-order valence-electron chi connectivity index (χ1n) is 11.1. The number of rotatable bonds is 6. The molecule has 178 valence electrons. The summed E-state index contributed by atoms with van der Waals surface area (Å²) in [5.41, 5.74) is 0.0591. The Hall–Kier alpha value is -4.27. The van der Waals surface area contributed by atoms with E-state index in [9.17, 15) is 18.8 Å². The molecule has 9 heteroatoms. The average Bonchev–Trinajstić information content (AvgIpc) is 3.71. The summed E-state index contributed by atoms with van der Waals surface area (Å²) in [7, 11) is 2.70. The molecular formula is C26H22FN3O5. The van der Waals surface area contributed by atoms with Gasteiger partial charge in [-0.2, -0.15) is 0 Å². The smallest absolute Gasteiger partial charge is 0.338 e. The molecule has 0 amide bonds. The van der Waals surface area contributed by atoms with E-state index in [0.717, 1.165) is 17.4 Å². The molecule has 5 rings (SSSR count). The number of methoxy groups -OCH3 is 2. The summed E-state index contributed by atoms with van der Waals surface area (Å²) in [5, 5.41) is -0.0526. The average molecular weight is 475 g/mol. The van der Waals surface area contributed by atoms with Gasteiger partial charge in [-0.15, -0.1) is 0 Å². The molecule has 1 aliphatic carbocycles. The number of esters is 1. The van der Waals surface area contributed by atoms with Gasteiger partial charge in [-0.25, -0.2) is 23.5 Å². The van der Waals surface area contributed by atoms with Gasteiger partial charge in [-0.05, 0) is 48.7 Å². The fourth-order valence-electron chi connectivity index (χ4n) is 4.20. The van der Waals surface area contributed by atoms with Crippen LogP contribution in [0.1, 0.15) is 40.4 Å². The van der Waals surface area contributed by atoms with Crippen LogP contribution in [0.2, 0.25) is 0 Å². The zero-order chi connectivity index (χ0) is 24.7. The molecule has 0 radical (unpaired) electrons. The largest absolute Gasteiger partial charge is 0.495 e. The summed E-state index contributed by atoms with van der Waals surface area (Å²) in [6, 6.07) is 14.0. The fraction of sp³-hybridized carbons (Fsp3) is 0.231. The van der Waals surface area contributed by atoms with Gasteiger partial charge < -0.3 is 9.47 Å². The summed E-state index contributed by atoms with van der Waals surface area (Å²) in [4.78, 5) is 45.0. The Labute approximate surface area is 199 Å². The number of hydrogen-bond acceptors (Lipinski definition) is 6. The minimum Gasteiger partial charge on any atom is -0.495 e. The molecule has 1 fully saturated rings. The number of carbonyl (C=O) groups is 1. The number of hydrogen-bond donors (Lipinski definition) is 0. The van der Waals surface area contributed by atoms with E-state index < -0.39 is 23.0 Å². The van der Waals surface area contributed by atoms with Gasteiger partial charge in [0.25, 0.3) is 5.56 Å². The van der Waals surface area contributed by atoms with Crippen molar-refractivity contribution in [2.24, 2.45) is 0 Å². The van der Waals surface area contributed by atoms with Crippen molar-refractivity contribution in [3.63, 3.8) is 0 Å². The molecule has 2 heterocycles. The van der Waals surface area contributed by atoms with Crippen molar-refractivity contribution in [1.82, 2.24) is 14.1 Å². The van der Waals surface area contributed by atoms with Crippen molar-refractivity contribution in [2.75, 3.05) is 14.2 Å². The van der Waals surface area contributed by atoms with E-state index in [-0.39, 0.29) is 29.1 Å². The Morgan fingerprint density at radius 3 is 2.54 bits per heavy atom. The van der Waals surface area contributed by atoms with Gasteiger partial charge in [-0.3, -0.25) is 9.36 Å². The van der Waals surface area contributed by atoms with Crippen molar-refractivity contribution in [3.05, 3.63) is 98.1 Å². The molecule has 35 heavy (non-hydrogen) atoms. The van der Waals surface area contributed by atoms with Crippen molar-refractivity contribution >= 4 is 17.0 Å². The summed E-state index contributed by atoms with van der Waals surface area (Å²) < 4.78 is 26.5. The number of halogens is 1. The number of nitrogens with zero attached hydrogens (tertiary/aromatic N) is 3. The first-order chi connectivity index (χ1) is 16.9. The Morgan fingerprint density at radius 1 is 1.09 bits per heavy atom. The molecule has 1 saturated carbocycles. The van der Waals surface area contributed by atoms with Crippen LogP contribution in [0.3, 0.4) is 0 Å². The normalized spacial score (nSPS) is 13.1. The molecule has 1 aliphatic rings. The fourth-order valence-corrected chi connectivity index (χ4v) is 4.20. The predicted molar refractivity (Wildman–Crippen MR) is 127 cm³/mol. The highest BCUT2D eigenvalue weighted by Gasteiger charge is 2.30. The van der Waals surface area contributed by atoms with E-state index in [1.54, 1.807) is 36.4 Å². The highest BCUT2D eigenvalue weighted by Crippen LogP contribution is 2.40. The minimum atomic E-state index is -0.712. The van der Waals surface area contributed by atoms with E-state index >= 15 is 0 Å². The third kappa shape index (κ3) is 3.99. The van der Waals surface area contributed by atoms with Gasteiger partial charge in [0.15, 0.2) is 5.65 Å². The van der Waals surface area contributed by atoms with Crippen LogP contribution < -0.4 is 16.0 Å². The van der Waals surface area contributed by atoms with E-state index in [4.69, 9.17) is 9.47 Å². The Balaban J connectivity index is 1.92. The molecule has 2 aromatic heterocycles. The molecule has 8 nitrogen and oxygen atoms in total. The van der Waals surface area contributed by atoms with Crippen molar-refractivity contribution < 1.29 is 18.7 Å². The number of fused-ring (bicyclic) bond motifs is 1. The molecule has 0 aliphatic heterocycles. The first-order valence-corrected chi connectivity index (χ1v) is 11.1.